The molecule has 0 atom stereocenters. The molecule has 20 heavy (non-hydrogen) atoms. The maximum atomic E-state index is 12.4. The number of nitriles is 1. The van der Waals surface area contributed by atoms with Crippen molar-refractivity contribution in [1.29, 1.82) is 5.26 Å². The van der Waals surface area contributed by atoms with E-state index in [-0.39, 0.29) is 17.7 Å². The van der Waals surface area contributed by atoms with Crippen molar-refractivity contribution in [3.63, 3.8) is 0 Å². The van der Waals surface area contributed by atoms with Gasteiger partial charge in [0.2, 0.25) is 0 Å². The molecule has 0 saturated carbocycles. The Labute approximate surface area is 113 Å². The first-order valence-corrected chi connectivity index (χ1v) is 5.67. The second-order valence-corrected chi connectivity index (χ2v) is 3.89. The summed E-state index contributed by atoms with van der Waals surface area (Å²) in [5.41, 5.74) is 1.07. The number of para-hydroxylation sites is 1. The molecule has 0 aliphatic rings. The first-order chi connectivity index (χ1) is 9.51. The predicted octanol–water partition coefficient (Wildman–Crippen LogP) is 3.71. The third-order valence-electron chi connectivity index (χ3n) is 2.53. The van der Waals surface area contributed by atoms with Crippen LogP contribution in [0.5, 0.6) is 5.75 Å². The molecule has 0 saturated heterocycles. The average molecular weight is 278 g/mol. The van der Waals surface area contributed by atoms with Gasteiger partial charge in [-0.25, -0.2) is 0 Å². The van der Waals surface area contributed by atoms with Crippen LogP contribution in [0.1, 0.15) is 5.56 Å². The maximum Gasteiger partial charge on any atom is 0.573 e. The van der Waals surface area contributed by atoms with E-state index in [4.69, 9.17) is 5.26 Å². The molecular weight excluding hydrogens is 269 g/mol. The Morgan fingerprint density at radius 2 is 1.90 bits per heavy atom. The molecule has 2 aromatic rings. The van der Waals surface area contributed by atoms with E-state index in [1.165, 1.54) is 24.4 Å². The van der Waals surface area contributed by atoms with Crippen molar-refractivity contribution in [3.8, 4) is 23.1 Å². The molecule has 0 radical (unpaired) electrons. The molecule has 2 rings (SSSR count). The highest BCUT2D eigenvalue weighted by Gasteiger charge is 2.32. The van der Waals surface area contributed by atoms with Gasteiger partial charge in [-0.05, 0) is 23.8 Å². The Morgan fingerprint density at radius 1 is 1.15 bits per heavy atom. The minimum Gasteiger partial charge on any atom is -0.405 e. The van der Waals surface area contributed by atoms with Gasteiger partial charge in [0.15, 0.2) is 0 Å². The second-order valence-electron chi connectivity index (χ2n) is 3.89. The fourth-order valence-corrected chi connectivity index (χ4v) is 1.78. The predicted molar refractivity (Wildman–Crippen MR) is 65.7 cm³/mol. The summed E-state index contributed by atoms with van der Waals surface area (Å²) in [5.74, 6) is -0.335. The monoisotopic (exact) mass is 278 g/mol. The first kappa shape index (κ1) is 13.9. The van der Waals surface area contributed by atoms with Crippen molar-refractivity contribution in [2.24, 2.45) is 0 Å². The van der Waals surface area contributed by atoms with Crippen molar-refractivity contribution < 1.29 is 17.9 Å². The fraction of sp³-hybridized carbons (Fsp3) is 0.143. The molecule has 0 fully saturated rings. The number of rotatable bonds is 3. The zero-order valence-electron chi connectivity index (χ0n) is 10.2. The normalized spacial score (nSPS) is 10.9. The smallest absolute Gasteiger partial charge is 0.405 e. The van der Waals surface area contributed by atoms with Crippen molar-refractivity contribution in [2.75, 3.05) is 0 Å². The average Bonchev–Trinajstić information content (AvgIpc) is 2.39. The van der Waals surface area contributed by atoms with Crippen LogP contribution in [0.2, 0.25) is 0 Å². The summed E-state index contributed by atoms with van der Waals surface area (Å²) in [4.78, 5) is 4.06. The largest absolute Gasteiger partial charge is 0.573 e. The number of halogens is 3. The van der Waals surface area contributed by atoms with Crippen LogP contribution < -0.4 is 4.74 Å². The van der Waals surface area contributed by atoms with E-state index in [1.807, 2.05) is 6.07 Å². The van der Waals surface area contributed by atoms with Gasteiger partial charge in [-0.3, -0.25) is 4.98 Å². The van der Waals surface area contributed by atoms with Crippen LogP contribution in [0.25, 0.3) is 11.3 Å². The van der Waals surface area contributed by atoms with Crippen LogP contribution in [0.3, 0.4) is 0 Å². The number of nitrogens with zero attached hydrogens (tertiary/aromatic N) is 2. The van der Waals surface area contributed by atoms with Gasteiger partial charge in [-0.1, -0.05) is 18.2 Å². The van der Waals surface area contributed by atoms with E-state index in [1.54, 1.807) is 18.2 Å². The van der Waals surface area contributed by atoms with E-state index in [2.05, 4.69) is 9.72 Å². The Balaban J connectivity index is 2.51. The van der Waals surface area contributed by atoms with Crippen molar-refractivity contribution in [3.05, 3.63) is 48.2 Å². The summed E-state index contributed by atoms with van der Waals surface area (Å²) >= 11 is 0. The zero-order chi connectivity index (χ0) is 14.6. The lowest BCUT2D eigenvalue weighted by Gasteiger charge is -2.14. The standard InChI is InChI=1S/C14H9F3N2O/c15-14(16,17)20-12-6-2-1-5-11(12)13-10(7-8-18)4-3-9-19-13/h1-6,9H,7H2. The fourth-order valence-electron chi connectivity index (χ4n) is 1.78. The van der Waals surface area contributed by atoms with Gasteiger partial charge < -0.3 is 4.74 Å². The van der Waals surface area contributed by atoms with Crippen LogP contribution in [-0.2, 0) is 6.42 Å². The maximum absolute atomic E-state index is 12.4. The molecule has 1 aromatic carbocycles. The van der Waals surface area contributed by atoms with Gasteiger partial charge in [0.25, 0.3) is 0 Å². The molecule has 6 heteroatoms. The summed E-state index contributed by atoms with van der Waals surface area (Å²) in [6.45, 7) is 0. The van der Waals surface area contributed by atoms with Gasteiger partial charge in [-0.2, -0.15) is 5.26 Å². The minimum absolute atomic E-state index is 0.0591. The van der Waals surface area contributed by atoms with Crippen LogP contribution in [0, 0.1) is 11.3 Å². The quantitative estimate of drug-likeness (QED) is 0.859. The molecule has 0 N–H and O–H groups in total. The molecule has 0 bridgehead atoms. The highest BCUT2D eigenvalue weighted by Crippen LogP contribution is 2.34. The van der Waals surface area contributed by atoms with Crippen LogP contribution in [0.4, 0.5) is 13.2 Å². The Bertz CT molecular complexity index is 647. The van der Waals surface area contributed by atoms with Crippen LogP contribution in [0.15, 0.2) is 42.6 Å². The third-order valence-corrected chi connectivity index (χ3v) is 2.53. The lowest BCUT2D eigenvalue weighted by Crippen LogP contribution is -2.17. The SMILES string of the molecule is N#CCc1cccnc1-c1ccccc1OC(F)(F)F. The number of hydrogen-bond donors (Lipinski definition) is 0. The summed E-state index contributed by atoms with van der Waals surface area (Å²) < 4.78 is 41.2. The Hall–Kier alpha value is -2.55. The summed E-state index contributed by atoms with van der Waals surface area (Å²) in [6, 6.07) is 11.0. The number of alkyl halides is 3. The van der Waals surface area contributed by atoms with Crippen molar-refractivity contribution in [1.82, 2.24) is 4.98 Å². The first-order valence-electron chi connectivity index (χ1n) is 5.67. The summed E-state index contributed by atoms with van der Waals surface area (Å²) in [5, 5.41) is 8.76. The summed E-state index contributed by atoms with van der Waals surface area (Å²) in [6.07, 6.45) is -3.26. The second kappa shape index (κ2) is 5.61. The number of hydrogen-bond acceptors (Lipinski definition) is 3. The topological polar surface area (TPSA) is 45.9 Å². The molecule has 0 aliphatic carbocycles. The molecule has 1 heterocycles. The van der Waals surface area contributed by atoms with Crippen molar-refractivity contribution >= 4 is 0 Å². The molecule has 0 unspecified atom stereocenters. The van der Waals surface area contributed by atoms with Gasteiger partial charge in [-0.15, -0.1) is 13.2 Å². The molecule has 1 aromatic heterocycles. The highest BCUT2D eigenvalue weighted by atomic mass is 19.4. The van der Waals surface area contributed by atoms with Crippen molar-refractivity contribution in [2.45, 2.75) is 12.8 Å². The highest BCUT2D eigenvalue weighted by molar-refractivity contribution is 5.70. The molecule has 0 aliphatic heterocycles. The molecule has 102 valence electrons. The zero-order valence-corrected chi connectivity index (χ0v) is 10.2. The molecule has 3 nitrogen and oxygen atoms in total. The van der Waals surface area contributed by atoms with Crippen LogP contribution >= 0.6 is 0 Å². The number of pyridine rings is 1. The third kappa shape index (κ3) is 3.26. The Morgan fingerprint density at radius 3 is 2.60 bits per heavy atom. The molecular formula is C14H9F3N2O. The van der Waals surface area contributed by atoms with Gasteiger partial charge >= 0.3 is 6.36 Å². The van der Waals surface area contributed by atoms with Gasteiger partial charge in [0.1, 0.15) is 5.75 Å². The minimum atomic E-state index is -4.78. The van der Waals surface area contributed by atoms with E-state index in [9.17, 15) is 13.2 Å². The molecule has 0 spiro atoms. The van der Waals surface area contributed by atoms with E-state index < -0.39 is 6.36 Å². The Kier molecular flexibility index (Phi) is 3.89. The number of aromatic nitrogens is 1. The number of benzene rings is 1. The van der Waals surface area contributed by atoms with Gasteiger partial charge in [0.05, 0.1) is 18.2 Å². The lowest BCUT2D eigenvalue weighted by molar-refractivity contribution is -0.274. The van der Waals surface area contributed by atoms with E-state index in [0.29, 0.717) is 11.3 Å². The lowest BCUT2D eigenvalue weighted by atomic mass is 10.0. The summed E-state index contributed by atoms with van der Waals surface area (Å²) in [7, 11) is 0. The van der Waals surface area contributed by atoms with E-state index in [0.717, 1.165) is 0 Å². The number of ether oxygens (including phenoxy) is 1. The van der Waals surface area contributed by atoms with Crippen LogP contribution in [-0.4, -0.2) is 11.3 Å². The molecule has 0 amide bonds. The van der Waals surface area contributed by atoms with E-state index >= 15 is 0 Å². The van der Waals surface area contributed by atoms with Gasteiger partial charge in [0, 0.05) is 11.8 Å².